The van der Waals surface area contributed by atoms with E-state index in [2.05, 4.69) is 9.97 Å². The van der Waals surface area contributed by atoms with Crippen molar-refractivity contribution in [3.63, 3.8) is 0 Å². The molecule has 3 heterocycles. The fraction of sp³-hybridized carbons (Fsp3) is 0.250. The van der Waals surface area contributed by atoms with Crippen molar-refractivity contribution in [2.24, 2.45) is 0 Å². The van der Waals surface area contributed by atoms with Gasteiger partial charge in [-0.3, -0.25) is 4.79 Å². The molecule has 4 nitrogen and oxygen atoms in total. The third-order valence-corrected chi connectivity index (χ3v) is 3.97. The summed E-state index contributed by atoms with van der Waals surface area (Å²) in [6.45, 7) is 1.99. The van der Waals surface area contributed by atoms with E-state index < -0.39 is 0 Å². The number of rotatable bonds is 1. The van der Waals surface area contributed by atoms with Crippen LogP contribution in [0, 0.1) is 6.92 Å². The number of aryl methyl sites for hydroxylation is 1. The molecule has 0 saturated heterocycles. The van der Waals surface area contributed by atoms with Crippen molar-refractivity contribution in [2.75, 3.05) is 0 Å². The van der Waals surface area contributed by atoms with E-state index >= 15 is 0 Å². The van der Waals surface area contributed by atoms with E-state index in [1.54, 1.807) is 6.26 Å². The normalized spacial score (nSPS) is 18.4. The van der Waals surface area contributed by atoms with Crippen molar-refractivity contribution in [3.05, 3.63) is 53.2 Å². The lowest BCUT2D eigenvalue weighted by atomic mass is 9.84. The average molecular weight is 266 g/mol. The monoisotopic (exact) mass is 266 g/mol. The molecule has 0 aromatic carbocycles. The first-order chi connectivity index (χ1) is 9.72. The van der Waals surface area contributed by atoms with Gasteiger partial charge in [0.2, 0.25) is 0 Å². The number of hydrogen-bond donors (Lipinski definition) is 1. The van der Waals surface area contributed by atoms with Crippen molar-refractivity contribution >= 4 is 16.8 Å². The van der Waals surface area contributed by atoms with Crippen molar-refractivity contribution in [2.45, 2.75) is 25.7 Å². The van der Waals surface area contributed by atoms with Gasteiger partial charge in [-0.15, -0.1) is 0 Å². The second-order valence-corrected chi connectivity index (χ2v) is 5.43. The molecule has 1 unspecified atom stereocenters. The zero-order valence-corrected chi connectivity index (χ0v) is 11.1. The van der Waals surface area contributed by atoms with Gasteiger partial charge in [0.25, 0.3) is 0 Å². The Hall–Kier alpha value is -2.36. The highest BCUT2D eigenvalue weighted by molar-refractivity contribution is 6.09. The van der Waals surface area contributed by atoms with Crippen LogP contribution in [0.1, 0.15) is 39.7 Å². The summed E-state index contributed by atoms with van der Waals surface area (Å²) in [6, 6.07) is 5.84. The van der Waals surface area contributed by atoms with E-state index in [1.165, 1.54) is 0 Å². The summed E-state index contributed by atoms with van der Waals surface area (Å²) in [5.41, 5.74) is 3.67. The van der Waals surface area contributed by atoms with Crippen molar-refractivity contribution < 1.29 is 9.21 Å². The number of H-pyrrole nitrogens is 1. The van der Waals surface area contributed by atoms with Crippen LogP contribution in [0.5, 0.6) is 0 Å². The van der Waals surface area contributed by atoms with Crippen LogP contribution in [0.2, 0.25) is 0 Å². The third-order valence-electron chi connectivity index (χ3n) is 3.97. The summed E-state index contributed by atoms with van der Waals surface area (Å²) in [4.78, 5) is 20.2. The highest BCUT2D eigenvalue weighted by Crippen LogP contribution is 2.36. The van der Waals surface area contributed by atoms with E-state index in [1.807, 2.05) is 31.3 Å². The quantitative estimate of drug-likeness (QED) is 0.734. The molecule has 0 aliphatic heterocycles. The highest BCUT2D eigenvalue weighted by Gasteiger charge is 2.31. The van der Waals surface area contributed by atoms with E-state index in [0.717, 1.165) is 40.0 Å². The van der Waals surface area contributed by atoms with Gasteiger partial charge in [0.05, 0.1) is 6.26 Å². The third kappa shape index (κ3) is 1.61. The molecular weight excluding hydrogens is 252 g/mol. The van der Waals surface area contributed by atoms with E-state index in [-0.39, 0.29) is 11.7 Å². The summed E-state index contributed by atoms with van der Waals surface area (Å²) >= 11 is 0. The van der Waals surface area contributed by atoms with Gasteiger partial charge >= 0.3 is 0 Å². The molecule has 0 radical (unpaired) electrons. The summed E-state index contributed by atoms with van der Waals surface area (Å²) in [5, 5.41) is 0.947. The van der Waals surface area contributed by atoms with Crippen LogP contribution in [0.4, 0.5) is 0 Å². The fourth-order valence-corrected chi connectivity index (χ4v) is 3.07. The zero-order chi connectivity index (χ0) is 13.7. The number of carbonyl (C=O) groups is 1. The molecule has 0 spiro atoms. The van der Waals surface area contributed by atoms with E-state index in [4.69, 9.17) is 4.42 Å². The number of nitrogens with one attached hydrogen (secondary N) is 1. The smallest absolute Gasteiger partial charge is 0.166 e. The van der Waals surface area contributed by atoms with Crippen LogP contribution in [-0.2, 0) is 6.42 Å². The molecule has 4 heteroatoms. The second-order valence-electron chi connectivity index (χ2n) is 5.43. The number of aromatic amines is 1. The predicted molar refractivity (Wildman–Crippen MR) is 74.9 cm³/mol. The van der Waals surface area contributed by atoms with Gasteiger partial charge in [0, 0.05) is 35.2 Å². The van der Waals surface area contributed by atoms with Crippen LogP contribution >= 0.6 is 0 Å². The lowest BCUT2D eigenvalue weighted by molar-refractivity contribution is 0.0961. The lowest BCUT2D eigenvalue weighted by Gasteiger charge is -2.19. The molecule has 0 amide bonds. The molecule has 0 bridgehead atoms. The Bertz CT molecular complexity index is 799. The maximum absolute atomic E-state index is 12.5. The Morgan fingerprint density at radius 2 is 2.30 bits per heavy atom. The first-order valence-corrected chi connectivity index (χ1v) is 6.76. The zero-order valence-electron chi connectivity index (χ0n) is 11.1. The van der Waals surface area contributed by atoms with Gasteiger partial charge in [0.15, 0.2) is 5.78 Å². The van der Waals surface area contributed by atoms with E-state index in [9.17, 15) is 4.79 Å². The van der Waals surface area contributed by atoms with Crippen molar-refractivity contribution in [1.29, 1.82) is 0 Å². The molecule has 0 saturated carbocycles. The first-order valence-electron chi connectivity index (χ1n) is 6.76. The minimum absolute atomic E-state index is 0.124. The molecule has 1 atom stereocenters. The number of nitrogens with zero attached hydrogens (tertiary/aromatic N) is 1. The lowest BCUT2D eigenvalue weighted by Crippen LogP contribution is -2.17. The fourth-order valence-electron chi connectivity index (χ4n) is 3.07. The van der Waals surface area contributed by atoms with Gasteiger partial charge in [0.1, 0.15) is 11.4 Å². The van der Waals surface area contributed by atoms with Crippen LogP contribution < -0.4 is 0 Å². The number of furan rings is 1. The largest absolute Gasteiger partial charge is 0.469 e. The number of Topliss-reactive ketones (excluding diaryl/α,β-unsaturated/α-hetero) is 1. The standard InChI is InChI=1S/C16H14N2O2/c1-9-5-11-15-12(18-16(11)17-8-9)6-10(7-13(15)19)14-3-2-4-20-14/h2-5,8,10H,6-7H2,1H3,(H,17,18). The Balaban J connectivity index is 1.85. The molecule has 1 aliphatic carbocycles. The van der Waals surface area contributed by atoms with Crippen LogP contribution in [0.25, 0.3) is 11.0 Å². The maximum Gasteiger partial charge on any atom is 0.166 e. The molecule has 3 aromatic heterocycles. The molecule has 1 aliphatic rings. The minimum Gasteiger partial charge on any atom is -0.469 e. The summed E-state index contributed by atoms with van der Waals surface area (Å²) in [7, 11) is 0. The number of carbonyl (C=O) groups excluding carboxylic acids is 1. The Morgan fingerprint density at radius 3 is 3.10 bits per heavy atom. The summed E-state index contributed by atoms with van der Waals surface area (Å²) in [6.07, 6.45) is 4.77. The number of hydrogen-bond acceptors (Lipinski definition) is 3. The summed E-state index contributed by atoms with van der Waals surface area (Å²) < 4.78 is 5.45. The van der Waals surface area contributed by atoms with Crippen LogP contribution in [0.3, 0.4) is 0 Å². The number of fused-ring (bicyclic) bond motifs is 3. The predicted octanol–water partition coefficient (Wildman–Crippen LogP) is 3.38. The Labute approximate surface area is 115 Å². The summed E-state index contributed by atoms with van der Waals surface area (Å²) in [5.74, 6) is 1.18. The minimum atomic E-state index is 0.124. The van der Waals surface area contributed by atoms with Gasteiger partial charge in [-0.2, -0.15) is 0 Å². The molecule has 4 rings (SSSR count). The Morgan fingerprint density at radius 1 is 1.40 bits per heavy atom. The second kappa shape index (κ2) is 4.07. The molecule has 3 aromatic rings. The van der Waals surface area contributed by atoms with Crippen molar-refractivity contribution in [3.8, 4) is 0 Å². The molecule has 1 N–H and O–H groups in total. The van der Waals surface area contributed by atoms with Crippen molar-refractivity contribution in [1.82, 2.24) is 9.97 Å². The molecule has 0 fully saturated rings. The van der Waals surface area contributed by atoms with Crippen LogP contribution in [-0.4, -0.2) is 15.8 Å². The van der Waals surface area contributed by atoms with Gasteiger partial charge in [-0.05, 0) is 37.1 Å². The molecule has 100 valence electrons. The van der Waals surface area contributed by atoms with E-state index in [0.29, 0.717) is 6.42 Å². The van der Waals surface area contributed by atoms with Gasteiger partial charge in [-0.25, -0.2) is 4.98 Å². The van der Waals surface area contributed by atoms with Gasteiger partial charge < -0.3 is 9.40 Å². The van der Waals surface area contributed by atoms with Crippen LogP contribution in [0.15, 0.2) is 35.1 Å². The number of pyridine rings is 1. The molecular formula is C16H14N2O2. The first kappa shape index (κ1) is 11.5. The number of ketones is 1. The topological polar surface area (TPSA) is 58.9 Å². The average Bonchev–Trinajstić information content (AvgIpc) is 3.04. The highest BCUT2D eigenvalue weighted by atomic mass is 16.3. The maximum atomic E-state index is 12.5. The Kier molecular flexibility index (Phi) is 2.33. The van der Waals surface area contributed by atoms with Gasteiger partial charge in [-0.1, -0.05) is 0 Å². The molecule has 20 heavy (non-hydrogen) atoms. The number of aromatic nitrogens is 2. The SMILES string of the molecule is Cc1cnc2[nH]c3c(c2c1)C(=O)CC(c1ccco1)C3.